The number of hydrogen-bond donors (Lipinski definition) is 1. The molecule has 0 aromatic rings. The molecule has 0 aromatic carbocycles. The number of hydrogen-bond acceptors (Lipinski definition) is 2. The van der Waals surface area contributed by atoms with Gasteiger partial charge in [0.15, 0.2) is 0 Å². The molecule has 0 bridgehead atoms. The summed E-state index contributed by atoms with van der Waals surface area (Å²) in [6.45, 7) is 6.86. The van der Waals surface area contributed by atoms with Gasteiger partial charge in [-0.3, -0.25) is 9.79 Å². The third kappa shape index (κ3) is 3.40. The van der Waals surface area contributed by atoms with E-state index in [2.05, 4.69) is 16.9 Å². The average molecular weight is 180 g/mol. The van der Waals surface area contributed by atoms with Gasteiger partial charge in [-0.2, -0.15) is 0 Å². The average Bonchev–Trinajstić information content (AvgIpc) is 2.93. The summed E-state index contributed by atoms with van der Waals surface area (Å²) >= 11 is 0. The molecule has 0 aliphatic heterocycles. The largest absolute Gasteiger partial charge is 0.350 e. The van der Waals surface area contributed by atoms with Crippen LogP contribution in [0.3, 0.4) is 0 Å². The van der Waals surface area contributed by atoms with Crippen molar-refractivity contribution in [3.63, 3.8) is 0 Å². The highest BCUT2D eigenvalue weighted by atomic mass is 16.1. The predicted molar refractivity (Wildman–Crippen MR) is 53.9 cm³/mol. The molecule has 0 heterocycles. The number of nitrogens with one attached hydrogen (secondary N) is 1. The zero-order valence-electron chi connectivity index (χ0n) is 8.05. The molecule has 0 saturated heterocycles. The first-order valence-electron chi connectivity index (χ1n) is 4.73. The van der Waals surface area contributed by atoms with E-state index in [4.69, 9.17) is 0 Å². The van der Waals surface area contributed by atoms with Gasteiger partial charge in [0.05, 0.1) is 0 Å². The lowest BCUT2D eigenvalue weighted by Crippen LogP contribution is -2.31. The van der Waals surface area contributed by atoms with Crippen molar-refractivity contribution in [3.8, 4) is 0 Å². The summed E-state index contributed by atoms with van der Waals surface area (Å²) in [6, 6.07) is 0. The highest BCUT2D eigenvalue weighted by molar-refractivity contribution is 6.43. The molecule has 1 rings (SSSR count). The second-order valence-electron chi connectivity index (χ2n) is 3.22. The van der Waals surface area contributed by atoms with Crippen LogP contribution >= 0.6 is 0 Å². The summed E-state index contributed by atoms with van der Waals surface area (Å²) in [6.07, 6.45) is 4.00. The third-order valence-corrected chi connectivity index (χ3v) is 2.00. The van der Waals surface area contributed by atoms with Crippen LogP contribution in [0.5, 0.6) is 0 Å². The van der Waals surface area contributed by atoms with Crippen molar-refractivity contribution in [2.24, 2.45) is 10.9 Å². The Bertz CT molecular complexity index is 229. The van der Waals surface area contributed by atoms with E-state index >= 15 is 0 Å². The van der Waals surface area contributed by atoms with Gasteiger partial charge in [-0.05, 0) is 31.8 Å². The molecule has 0 radical (unpaired) electrons. The number of aliphatic imine (C=N–C) groups is 1. The summed E-state index contributed by atoms with van der Waals surface area (Å²) in [4.78, 5) is 15.4. The van der Waals surface area contributed by atoms with Gasteiger partial charge >= 0.3 is 0 Å². The Balaban J connectivity index is 2.33. The summed E-state index contributed by atoms with van der Waals surface area (Å²) in [5, 5.41) is 2.84. The molecule has 0 spiro atoms. The zero-order chi connectivity index (χ0) is 9.68. The second kappa shape index (κ2) is 4.80. The Kier molecular flexibility index (Phi) is 3.68. The van der Waals surface area contributed by atoms with E-state index in [1.54, 1.807) is 0 Å². The van der Waals surface area contributed by atoms with E-state index in [-0.39, 0.29) is 5.91 Å². The normalized spacial score (nSPS) is 16.8. The Labute approximate surface area is 78.9 Å². The number of carbonyl (C=O) groups excluding carboxylic acids is 1. The third-order valence-electron chi connectivity index (χ3n) is 2.00. The Morgan fingerprint density at radius 3 is 2.85 bits per heavy atom. The van der Waals surface area contributed by atoms with Crippen molar-refractivity contribution < 1.29 is 4.79 Å². The van der Waals surface area contributed by atoms with E-state index in [0.717, 1.165) is 6.54 Å². The molecule has 72 valence electrons. The Morgan fingerprint density at radius 1 is 1.69 bits per heavy atom. The minimum Gasteiger partial charge on any atom is -0.350 e. The van der Waals surface area contributed by atoms with E-state index < -0.39 is 0 Å². The Morgan fingerprint density at radius 2 is 2.38 bits per heavy atom. The maximum atomic E-state index is 11.4. The van der Waals surface area contributed by atoms with Crippen molar-refractivity contribution in [3.05, 3.63) is 12.7 Å². The molecular formula is C10H16N2O. The molecule has 0 unspecified atom stereocenters. The number of amides is 1. The van der Waals surface area contributed by atoms with Crippen LogP contribution in [0.4, 0.5) is 0 Å². The van der Waals surface area contributed by atoms with Gasteiger partial charge in [0.1, 0.15) is 5.71 Å². The number of carbonyl (C=O) groups is 1. The number of nitrogens with zero attached hydrogens (tertiary/aromatic N) is 1. The van der Waals surface area contributed by atoms with Gasteiger partial charge in [0, 0.05) is 13.1 Å². The molecule has 1 fully saturated rings. The van der Waals surface area contributed by atoms with Crippen LogP contribution in [0.1, 0.15) is 19.8 Å². The molecule has 13 heavy (non-hydrogen) atoms. The highest BCUT2D eigenvalue weighted by Crippen LogP contribution is 2.27. The van der Waals surface area contributed by atoms with Crippen molar-refractivity contribution >= 4 is 11.6 Å². The van der Waals surface area contributed by atoms with Gasteiger partial charge in [-0.25, -0.2) is 0 Å². The first-order valence-corrected chi connectivity index (χ1v) is 4.73. The van der Waals surface area contributed by atoms with Crippen LogP contribution in [0.2, 0.25) is 0 Å². The molecule has 0 aromatic heterocycles. The molecule has 0 atom stereocenters. The van der Waals surface area contributed by atoms with E-state index in [9.17, 15) is 4.79 Å². The quantitative estimate of drug-likeness (QED) is 0.634. The van der Waals surface area contributed by atoms with Crippen molar-refractivity contribution in [2.75, 3.05) is 13.1 Å². The fraction of sp³-hybridized carbons (Fsp3) is 0.600. The molecule has 1 aliphatic rings. The summed E-state index contributed by atoms with van der Waals surface area (Å²) in [7, 11) is 0. The summed E-state index contributed by atoms with van der Waals surface area (Å²) in [5.74, 6) is 0.611. The minimum atomic E-state index is -0.0937. The lowest BCUT2D eigenvalue weighted by Gasteiger charge is -2.02. The van der Waals surface area contributed by atoms with Crippen molar-refractivity contribution in [1.29, 1.82) is 0 Å². The van der Waals surface area contributed by atoms with Crippen LogP contribution in [0.25, 0.3) is 0 Å². The van der Waals surface area contributed by atoms with E-state index in [1.165, 1.54) is 18.9 Å². The van der Waals surface area contributed by atoms with Crippen molar-refractivity contribution in [2.45, 2.75) is 19.8 Å². The standard InChI is InChI=1S/C10H16N2O/c1-3-9(11-4-2)10(13)12-7-8-5-6-8/h3,8H,1,4-7H2,2H3,(H,12,13). The summed E-state index contributed by atoms with van der Waals surface area (Å²) in [5.41, 5.74) is 0.447. The van der Waals surface area contributed by atoms with Crippen LogP contribution in [0, 0.1) is 5.92 Å². The lowest BCUT2D eigenvalue weighted by molar-refractivity contribution is -0.114. The van der Waals surface area contributed by atoms with Crippen LogP contribution in [0.15, 0.2) is 17.6 Å². The fourth-order valence-electron chi connectivity index (χ4n) is 1.05. The monoisotopic (exact) mass is 180 g/mol. The highest BCUT2D eigenvalue weighted by Gasteiger charge is 2.22. The van der Waals surface area contributed by atoms with Gasteiger partial charge < -0.3 is 5.32 Å². The fourth-order valence-corrected chi connectivity index (χ4v) is 1.05. The first kappa shape index (κ1) is 9.96. The topological polar surface area (TPSA) is 41.5 Å². The molecule has 1 amide bonds. The van der Waals surface area contributed by atoms with Gasteiger partial charge in [-0.1, -0.05) is 6.58 Å². The molecule has 1 N–H and O–H groups in total. The summed E-state index contributed by atoms with van der Waals surface area (Å²) < 4.78 is 0. The second-order valence-corrected chi connectivity index (χ2v) is 3.22. The van der Waals surface area contributed by atoms with E-state index in [0.29, 0.717) is 18.2 Å². The number of rotatable bonds is 5. The van der Waals surface area contributed by atoms with Gasteiger partial charge in [0.2, 0.25) is 0 Å². The maximum absolute atomic E-state index is 11.4. The molecule has 3 nitrogen and oxygen atoms in total. The molecular weight excluding hydrogens is 164 g/mol. The smallest absolute Gasteiger partial charge is 0.269 e. The van der Waals surface area contributed by atoms with Gasteiger partial charge in [-0.15, -0.1) is 0 Å². The lowest BCUT2D eigenvalue weighted by atomic mass is 10.3. The molecule has 3 heteroatoms. The predicted octanol–water partition coefficient (Wildman–Crippen LogP) is 1.16. The zero-order valence-corrected chi connectivity index (χ0v) is 8.05. The van der Waals surface area contributed by atoms with Gasteiger partial charge in [0.25, 0.3) is 5.91 Å². The first-order chi connectivity index (χ1) is 6.27. The Hall–Kier alpha value is -1.12. The molecule has 1 saturated carbocycles. The van der Waals surface area contributed by atoms with Crippen molar-refractivity contribution in [1.82, 2.24) is 5.32 Å². The minimum absolute atomic E-state index is 0.0937. The van der Waals surface area contributed by atoms with Crippen LogP contribution in [-0.2, 0) is 4.79 Å². The molecule has 1 aliphatic carbocycles. The maximum Gasteiger partial charge on any atom is 0.269 e. The van der Waals surface area contributed by atoms with Crippen LogP contribution in [-0.4, -0.2) is 24.7 Å². The van der Waals surface area contributed by atoms with E-state index in [1.807, 2.05) is 6.92 Å². The SMILES string of the molecule is C=CC(=NCC)C(=O)NCC1CC1. The van der Waals surface area contributed by atoms with Crippen LogP contribution < -0.4 is 5.32 Å².